The predicted octanol–water partition coefficient (Wildman–Crippen LogP) is 1.86. The highest BCUT2D eigenvalue weighted by atomic mass is 32.1. The van der Waals surface area contributed by atoms with Crippen LogP contribution in [0.2, 0.25) is 0 Å². The fourth-order valence-electron chi connectivity index (χ4n) is 1.96. The summed E-state index contributed by atoms with van der Waals surface area (Å²) in [6.45, 7) is 4.90. The fourth-order valence-corrected chi connectivity index (χ4v) is 2.91. The molecule has 5 nitrogen and oxygen atoms in total. The number of hydrogen-bond acceptors (Lipinski definition) is 5. The van der Waals surface area contributed by atoms with E-state index < -0.39 is 0 Å². The number of carbonyl (C=O) groups is 2. The number of piperidine rings is 1. The molecule has 0 spiro atoms. The minimum absolute atomic E-state index is 0.134. The molecular formula is C12H17N3O2S. The van der Waals surface area contributed by atoms with Gasteiger partial charge in [0.05, 0.1) is 5.69 Å². The quantitative estimate of drug-likeness (QED) is 0.846. The summed E-state index contributed by atoms with van der Waals surface area (Å²) in [5.41, 5.74) is 0.878. The number of nitrogens with zero attached hydrogens (tertiary/aromatic N) is 2. The number of nitrogens with one attached hydrogen (secondary N) is 1. The Balaban J connectivity index is 2.18. The van der Waals surface area contributed by atoms with Crippen molar-refractivity contribution >= 4 is 28.3 Å². The number of carbonyl (C=O) groups excluding carboxylic acids is 2. The van der Waals surface area contributed by atoms with Crippen LogP contribution in [0, 0.1) is 0 Å². The number of rotatable bonds is 4. The van der Waals surface area contributed by atoms with Crippen LogP contribution >= 0.6 is 11.3 Å². The first-order valence-electron chi connectivity index (χ1n) is 6.18. The molecule has 1 N–H and O–H groups in total. The molecule has 18 heavy (non-hydrogen) atoms. The molecule has 2 rings (SSSR count). The molecule has 1 aliphatic heterocycles. The number of thiazole rings is 1. The normalized spacial score (nSPS) is 18.2. The van der Waals surface area contributed by atoms with Gasteiger partial charge in [-0.2, -0.15) is 0 Å². The second-order valence-electron chi connectivity index (χ2n) is 4.31. The van der Waals surface area contributed by atoms with Gasteiger partial charge in [0.15, 0.2) is 5.13 Å². The summed E-state index contributed by atoms with van der Waals surface area (Å²) in [5, 5.41) is 5.66. The lowest BCUT2D eigenvalue weighted by molar-refractivity contribution is -0.129. The minimum atomic E-state index is -0.136. The summed E-state index contributed by atoms with van der Waals surface area (Å²) in [5.74, 6) is -0.272. The molecule has 1 unspecified atom stereocenters. The SMILES string of the molecule is CCNC(C)c1csc(N2C(=O)CCCC2=O)n1. The third-order valence-corrected chi connectivity index (χ3v) is 3.78. The van der Waals surface area contributed by atoms with Crippen molar-refractivity contribution in [1.82, 2.24) is 10.3 Å². The molecule has 0 aromatic carbocycles. The van der Waals surface area contributed by atoms with Gasteiger partial charge < -0.3 is 5.32 Å². The van der Waals surface area contributed by atoms with E-state index in [0.717, 1.165) is 12.2 Å². The van der Waals surface area contributed by atoms with Crippen LogP contribution in [0.5, 0.6) is 0 Å². The molecule has 1 fully saturated rings. The highest BCUT2D eigenvalue weighted by Crippen LogP contribution is 2.27. The maximum absolute atomic E-state index is 11.8. The Morgan fingerprint density at radius 2 is 2.11 bits per heavy atom. The summed E-state index contributed by atoms with van der Waals surface area (Å²) in [6, 6.07) is 0.134. The highest BCUT2D eigenvalue weighted by molar-refractivity contribution is 7.14. The Morgan fingerprint density at radius 3 is 2.72 bits per heavy atom. The van der Waals surface area contributed by atoms with Crippen LogP contribution in [0.3, 0.4) is 0 Å². The lowest BCUT2D eigenvalue weighted by atomic mass is 10.1. The zero-order valence-electron chi connectivity index (χ0n) is 10.6. The van der Waals surface area contributed by atoms with Crippen LogP contribution < -0.4 is 10.2 Å². The van der Waals surface area contributed by atoms with Gasteiger partial charge in [0.2, 0.25) is 11.8 Å². The molecule has 1 aromatic rings. The van der Waals surface area contributed by atoms with Crippen molar-refractivity contribution in [3.63, 3.8) is 0 Å². The van der Waals surface area contributed by atoms with Crippen LogP contribution in [-0.2, 0) is 9.59 Å². The van der Waals surface area contributed by atoms with Gasteiger partial charge in [-0.1, -0.05) is 6.92 Å². The van der Waals surface area contributed by atoms with E-state index in [1.165, 1.54) is 16.2 Å². The van der Waals surface area contributed by atoms with E-state index in [9.17, 15) is 9.59 Å². The molecular weight excluding hydrogens is 250 g/mol. The van der Waals surface area contributed by atoms with Crippen molar-refractivity contribution in [2.45, 2.75) is 39.2 Å². The summed E-state index contributed by atoms with van der Waals surface area (Å²) in [7, 11) is 0. The minimum Gasteiger partial charge on any atom is -0.309 e. The van der Waals surface area contributed by atoms with Gasteiger partial charge in [0, 0.05) is 24.3 Å². The summed E-state index contributed by atoms with van der Waals surface area (Å²) in [4.78, 5) is 29.2. The Hall–Kier alpha value is -1.27. The number of anilines is 1. The fraction of sp³-hybridized carbons (Fsp3) is 0.583. The zero-order chi connectivity index (χ0) is 13.1. The van der Waals surface area contributed by atoms with Crippen LogP contribution in [-0.4, -0.2) is 23.3 Å². The third kappa shape index (κ3) is 2.59. The van der Waals surface area contributed by atoms with E-state index in [-0.39, 0.29) is 17.9 Å². The standard InChI is InChI=1S/C12H17N3O2S/c1-3-13-8(2)9-7-18-12(14-9)15-10(16)5-4-6-11(15)17/h7-8,13H,3-6H2,1-2H3. The average Bonchev–Trinajstić information content (AvgIpc) is 2.78. The molecule has 1 saturated heterocycles. The second-order valence-corrected chi connectivity index (χ2v) is 5.15. The number of hydrogen-bond donors (Lipinski definition) is 1. The Kier molecular flexibility index (Phi) is 4.08. The molecule has 1 aliphatic rings. The second kappa shape index (κ2) is 5.58. The van der Waals surface area contributed by atoms with Crippen molar-refractivity contribution in [3.8, 4) is 0 Å². The summed E-state index contributed by atoms with van der Waals surface area (Å²) < 4.78 is 0. The maximum atomic E-state index is 11.8. The molecule has 0 aliphatic carbocycles. The number of amides is 2. The zero-order valence-corrected chi connectivity index (χ0v) is 11.4. The van der Waals surface area contributed by atoms with Crippen molar-refractivity contribution in [1.29, 1.82) is 0 Å². The Bertz CT molecular complexity index is 442. The van der Waals surface area contributed by atoms with Gasteiger partial charge in [-0.05, 0) is 19.9 Å². The van der Waals surface area contributed by atoms with Crippen LogP contribution in [0.4, 0.5) is 5.13 Å². The molecule has 0 radical (unpaired) electrons. The van der Waals surface area contributed by atoms with Crippen molar-refractivity contribution in [3.05, 3.63) is 11.1 Å². The van der Waals surface area contributed by atoms with E-state index in [2.05, 4.69) is 10.3 Å². The molecule has 0 saturated carbocycles. The van der Waals surface area contributed by atoms with Gasteiger partial charge in [-0.25, -0.2) is 9.88 Å². The molecule has 98 valence electrons. The summed E-state index contributed by atoms with van der Waals surface area (Å²) >= 11 is 1.35. The number of imide groups is 1. The largest absolute Gasteiger partial charge is 0.309 e. The lowest BCUT2D eigenvalue weighted by Gasteiger charge is -2.22. The first kappa shape index (κ1) is 13.2. The molecule has 2 heterocycles. The third-order valence-electron chi connectivity index (χ3n) is 2.94. The topological polar surface area (TPSA) is 62.3 Å². The monoisotopic (exact) mass is 267 g/mol. The lowest BCUT2D eigenvalue weighted by Crippen LogP contribution is -2.40. The van der Waals surface area contributed by atoms with Gasteiger partial charge in [-0.15, -0.1) is 11.3 Å². The Morgan fingerprint density at radius 1 is 1.44 bits per heavy atom. The van der Waals surface area contributed by atoms with Crippen LogP contribution in [0.1, 0.15) is 44.8 Å². The van der Waals surface area contributed by atoms with Crippen molar-refractivity contribution in [2.24, 2.45) is 0 Å². The molecule has 6 heteroatoms. The van der Waals surface area contributed by atoms with Crippen LogP contribution in [0.25, 0.3) is 0 Å². The van der Waals surface area contributed by atoms with Gasteiger partial charge >= 0.3 is 0 Å². The molecule has 1 atom stereocenters. The van der Waals surface area contributed by atoms with E-state index in [0.29, 0.717) is 24.4 Å². The van der Waals surface area contributed by atoms with E-state index in [4.69, 9.17) is 0 Å². The molecule has 2 amide bonds. The Labute approximate surface area is 110 Å². The average molecular weight is 267 g/mol. The van der Waals surface area contributed by atoms with Gasteiger partial charge in [0.25, 0.3) is 0 Å². The number of aromatic nitrogens is 1. The van der Waals surface area contributed by atoms with E-state index >= 15 is 0 Å². The van der Waals surface area contributed by atoms with Crippen molar-refractivity contribution in [2.75, 3.05) is 11.4 Å². The predicted molar refractivity (Wildman–Crippen MR) is 70.5 cm³/mol. The smallest absolute Gasteiger partial charge is 0.235 e. The van der Waals surface area contributed by atoms with Crippen molar-refractivity contribution < 1.29 is 9.59 Å². The van der Waals surface area contributed by atoms with Crippen LogP contribution in [0.15, 0.2) is 5.38 Å². The van der Waals surface area contributed by atoms with E-state index in [1.807, 2.05) is 19.2 Å². The molecule has 0 bridgehead atoms. The van der Waals surface area contributed by atoms with Gasteiger partial charge in [-0.3, -0.25) is 9.59 Å². The first-order chi connectivity index (χ1) is 8.63. The molecule has 1 aromatic heterocycles. The first-order valence-corrected chi connectivity index (χ1v) is 7.06. The van der Waals surface area contributed by atoms with Gasteiger partial charge in [0.1, 0.15) is 0 Å². The summed E-state index contributed by atoms with van der Waals surface area (Å²) in [6.07, 6.45) is 1.52. The maximum Gasteiger partial charge on any atom is 0.235 e. The highest BCUT2D eigenvalue weighted by Gasteiger charge is 2.29. The van der Waals surface area contributed by atoms with E-state index in [1.54, 1.807) is 0 Å².